The standard InChI is InChI=1S/C46H29N5O/c1-5-14-30(15-6-1)43-48-44(31-16-7-2-8-17-31)50-45(49-43)37-22-13-23-39-42(37)36-26-24-33(28-40(36)51(39)35-20-11-4-12-21-35)34-25-27-38-41(29-34)52-46(47-38)32-18-9-3-10-19-32/h1-29H. The maximum Gasteiger partial charge on any atom is 0.227 e. The van der Waals surface area contributed by atoms with Gasteiger partial charge in [0.2, 0.25) is 5.89 Å². The molecular formula is C46H29N5O. The van der Waals surface area contributed by atoms with E-state index in [1.807, 2.05) is 103 Å². The summed E-state index contributed by atoms with van der Waals surface area (Å²) >= 11 is 0. The Bertz CT molecular complexity index is 2820. The van der Waals surface area contributed by atoms with Crippen molar-refractivity contribution in [3.8, 4) is 62.4 Å². The summed E-state index contributed by atoms with van der Waals surface area (Å²) in [5.74, 6) is 2.51. The zero-order chi connectivity index (χ0) is 34.4. The first kappa shape index (κ1) is 29.7. The number of hydrogen-bond acceptors (Lipinski definition) is 5. The fourth-order valence-corrected chi connectivity index (χ4v) is 7.03. The van der Waals surface area contributed by atoms with Crippen LogP contribution in [0.2, 0.25) is 0 Å². The molecular weight excluding hydrogens is 639 g/mol. The number of benzene rings is 7. The van der Waals surface area contributed by atoms with Gasteiger partial charge in [-0.2, -0.15) is 0 Å². The molecule has 0 saturated heterocycles. The summed E-state index contributed by atoms with van der Waals surface area (Å²) in [4.78, 5) is 19.9. The summed E-state index contributed by atoms with van der Waals surface area (Å²) in [6, 6.07) is 60.0. The van der Waals surface area contributed by atoms with E-state index >= 15 is 0 Å². The van der Waals surface area contributed by atoms with Crippen molar-refractivity contribution in [3.05, 3.63) is 176 Å². The first-order valence-electron chi connectivity index (χ1n) is 17.2. The van der Waals surface area contributed by atoms with Crippen molar-refractivity contribution in [2.45, 2.75) is 0 Å². The number of oxazole rings is 1. The number of hydrogen-bond donors (Lipinski definition) is 0. The largest absolute Gasteiger partial charge is 0.436 e. The summed E-state index contributed by atoms with van der Waals surface area (Å²) in [7, 11) is 0. The van der Waals surface area contributed by atoms with Crippen LogP contribution in [-0.4, -0.2) is 24.5 Å². The number of rotatable bonds is 6. The van der Waals surface area contributed by atoms with Gasteiger partial charge in [0.25, 0.3) is 0 Å². The van der Waals surface area contributed by atoms with E-state index in [9.17, 15) is 0 Å². The molecule has 0 aliphatic rings. The average Bonchev–Trinajstić information content (AvgIpc) is 3.81. The summed E-state index contributed by atoms with van der Waals surface area (Å²) in [6.07, 6.45) is 0. The first-order valence-corrected chi connectivity index (χ1v) is 17.2. The fourth-order valence-electron chi connectivity index (χ4n) is 7.03. The molecule has 6 heteroatoms. The van der Waals surface area contributed by atoms with Crippen LogP contribution >= 0.6 is 0 Å². The lowest BCUT2D eigenvalue weighted by Gasteiger charge is -2.10. The van der Waals surface area contributed by atoms with Crippen molar-refractivity contribution in [2.75, 3.05) is 0 Å². The van der Waals surface area contributed by atoms with Crippen molar-refractivity contribution >= 4 is 32.9 Å². The van der Waals surface area contributed by atoms with Crippen molar-refractivity contribution in [3.63, 3.8) is 0 Å². The highest BCUT2D eigenvalue weighted by molar-refractivity contribution is 6.16. The van der Waals surface area contributed by atoms with Gasteiger partial charge in [0, 0.05) is 38.7 Å². The van der Waals surface area contributed by atoms with E-state index in [0.717, 1.165) is 72.0 Å². The van der Waals surface area contributed by atoms with Crippen LogP contribution < -0.4 is 0 Å². The molecule has 0 N–H and O–H groups in total. The van der Waals surface area contributed by atoms with Crippen LogP contribution in [0.3, 0.4) is 0 Å². The van der Waals surface area contributed by atoms with E-state index < -0.39 is 0 Å². The second-order valence-corrected chi connectivity index (χ2v) is 12.7. The number of nitrogens with zero attached hydrogens (tertiary/aromatic N) is 5. The Kier molecular flexibility index (Phi) is 7.03. The van der Waals surface area contributed by atoms with E-state index in [-0.39, 0.29) is 0 Å². The minimum Gasteiger partial charge on any atom is -0.436 e. The lowest BCUT2D eigenvalue weighted by atomic mass is 10.0. The van der Waals surface area contributed by atoms with Crippen LogP contribution in [0.5, 0.6) is 0 Å². The van der Waals surface area contributed by atoms with Gasteiger partial charge in [-0.25, -0.2) is 19.9 Å². The summed E-state index contributed by atoms with van der Waals surface area (Å²) in [6.45, 7) is 0. The Morgan fingerprint density at radius 3 is 1.65 bits per heavy atom. The zero-order valence-electron chi connectivity index (χ0n) is 27.9. The highest BCUT2D eigenvalue weighted by atomic mass is 16.3. The normalized spacial score (nSPS) is 11.5. The minimum absolute atomic E-state index is 0.615. The number of aromatic nitrogens is 5. The Hall–Kier alpha value is -7.18. The summed E-state index contributed by atoms with van der Waals surface area (Å²) in [5.41, 5.74) is 10.7. The molecule has 0 spiro atoms. The Labute approximate surface area is 299 Å². The molecule has 52 heavy (non-hydrogen) atoms. The van der Waals surface area contributed by atoms with Crippen LogP contribution in [0.15, 0.2) is 180 Å². The highest BCUT2D eigenvalue weighted by Crippen LogP contribution is 2.40. The van der Waals surface area contributed by atoms with Gasteiger partial charge >= 0.3 is 0 Å². The molecule has 3 aromatic heterocycles. The zero-order valence-corrected chi connectivity index (χ0v) is 27.9. The third-order valence-corrected chi connectivity index (χ3v) is 9.49. The Morgan fingerprint density at radius 2 is 0.981 bits per heavy atom. The number of fused-ring (bicyclic) bond motifs is 4. The SMILES string of the molecule is c1ccc(-c2nc(-c3ccccc3)nc(-c3cccc4c3c3ccc(-c5ccc6nc(-c7ccccc7)oc6c5)cc3n4-c3ccccc3)n2)cc1. The van der Waals surface area contributed by atoms with Crippen molar-refractivity contribution in [1.82, 2.24) is 24.5 Å². The molecule has 0 aliphatic heterocycles. The predicted molar refractivity (Wildman–Crippen MR) is 209 cm³/mol. The predicted octanol–water partition coefficient (Wildman–Crippen LogP) is 11.4. The average molecular weight is 668 g/mol. The van der Waals surface area contributed by atoms with Crippen LogP contribution in [0, 0.1) is 0 Å². The van der Waals surface area contributed by atoms with Crippen molar-refractivity contribution < 1.29 is 4.42 Å². The topological polar surface area (TPSA) is 69.6 Å². The van der Waals surface area contributed by atoms with Gasteiger partial charge in [-0.05, 0) is 59.7 Å². The molecule has 6 nitrogen and oxygen atoms in total. The molecule has 7 aromatic carbocycles. The lowest BCUT2D eigenvalue weighted by Crippen LogP contribution is -2.00. The molecule has 0 radical (unpaired) electrons. The Morgan fingerprint density at radius 1 is 0.404 bits per heavy atom. The molecule has 3 heterocycles. The fraction of sp³-hybridized carbons (Fsp3) is 0. The molecule has 0 amide bonds. The van der Waals surface area contributed by atoms with Gasteiger partial charge in [-0.3, -0.25) is 0 Å². The third-order valence-electron chi connectivity index (χ3n) is 9.49. The molecule has 10 rings (SSSR count). The minimum atomic E-state index is 0.615. The van der Waals surface area contributed by atoms with E-state index in [4.69, 9.17) is 24.4 Å². The van der Waals surface area contributed by atoms with Gasteiger partial charge in [0.1, 0.15) is 5.52 Å². The monoisotopic (exact) mass is 667 g/mol. The van der Waals surface area contributed by atoms with Gasteiger partial charge in [-0.15, -0.1) is 0 Å². The molecule has 0 bridgehead atoms. The molecule has 0 fully saturated rings. The molecule has 0 atom stereocenters. The third kappa shape index (κ3) is 5.13. The molecule has 10 aromatic rings. The van der Waals surface area contributed by atoms with E-state index in [1.165, 1.54) is 0 Å². The van der Waals surface area contributed by atoms with Crippen molar-refractivity contribution in [2.24, 2.45) is 0 Å². The second kappa shape index (κ2) is 12.3. The number of para-hydroxylation sites is 1. The smallest absolute Gasteiger partial charge is 0.227 e. The molecule has 0 saturated carbocycles. The summed E-state index contributed by atoms with van der Waals surface area (Å²) < 4.78 is 8.59. The molecule has 0 aliphatic carbocycles. The molecule has 244 valence electrons. The highest BCUT2D eigenvalue weighted by Gasteiger charge is 2.20. The lowest BCUT2D eigenvalue weighted by molar-refractivity contribution is 0.620. The van der Waals surface area contributed by atoms with Crippen LogP contribution in [0.4, 0.5) is 0 Å². The van der Waals surface area contributed by atoms with E-state index in [0.29, 0.717) is 23.4 Å². The first-order chi connectivity index (χ1) is 25.8. The van der Waals surface area contributed by atoms with Gasteiger partial charge in [0.15, 0.2) is 23.1 Å². The summed E-state index contributed by atoms with van der Waals surface area (Å²) in [5, 5.41) is 2.18. The quantitative estimate of drug-likeness (QED) is 0.176. The van der Waals surface area contributed by atoms with Gasteiger partial charge in [-0.1, -0.05) is 127 Å². The van der Waals surface area contributed by atoms with E-state index in [2.05, 4.69) is 77.4 Å². The Balaban J connectivity index is 1.19. The second-order valence-electron chi connectivity index (χ2n) is 12.7. The maximum absolute atomic E-state index is 6.26. The van der Waals surface area contributed by atoms with Gasteiger partial charge in [0.05, 0.1) is 11.0 Å². The van der Waals surface area contributed by atoms with E-state index in [1.54, 1.807) is 0 Å². The molecule has 0 unspecified atom stereocenters. The van der Waals surface area contributed by atoms with Crippen molar-refractivity contribution in [1.29, 1.82) is 0 Å². The maximum atomic E-state index is 6.26. The van der Waals surface area contributed by atoms with Crippen LogP contribution in [0.1, 0.15) is 0 Å². The van der Waals surface area contributed by atoms with Crippen LogP contribution in [0.25, 0.3) is 95.3 Å². The van der Waals surface area contributed by atoms with Crippen LogP contribution in [-0.2, 0) is 0 Å². The van der Waals surface area contributed by atoms with Gasteiger partial charge < -0.3 is 8.98 Å².